The molecule has 0 bridgehead atoms. The van der Waals surface area contributed by atoms with E-state index in [9.17, 15) is 14.0 Å². The minimum Gasteiger partial charge on any atom is -0.465 e. The van der Waals surface area contributed by atoms with Gasteiger partial charge in [-0.2, -0.15) is 0 Å². The fourth-order valence-electron chi connectivity index (χ4n) is 2.08. The lowest BCUT2D eigenvalue weighted by Gasteiger charge is -2.11. The summed E-state index contributed by atoms with van der Waals surface area (Å²) in [4.78, 5) is 23.7. The first-order valence-corrected chi connectivity index (χ1v) is 6.73. The molecule has 22 heavy (non-hydrogen) atoms. The van der Waals surface area contributed by atoms with Crippen LogP contribution >= 0.6 is 0 Å². The summed E-state index contributed by atoms with van der Waals surface area (Å²) in [6.45, 7) is 1.74. The van der Waals surface area contributed by atoms with Crippen molar-refractivity contribution in [3.8, 4) is 0 Å². The van der Waals surface area contributed by atoms with Crippen molar-refractivity contribution in [2.75, 3.05) is 12.4 Å². The summed E-state index contributed by atoms with van der Waals surface area (Å²) in [7, 11) is 1.31. The van der Waals surface area contributed by atoms with Crippen LogP contribution in [0.3, 0.4) is 0 Å². The molecule has 0 spiro atoms. The third-order valence-corrected chi connectivity index (χ3v) is 3.29. The van der Waals surface area contributed by atoms with Crippen molar-refractivity contribution in [1.29, 1.82) is 0 Å². The van der Waals surface area contributed by atoms with E-state index in [0.717, 1.165) is 0 Å². The van der Waals surface area contributed by atoms with Crippen LogP contribution in [0.2, 0.25) is 0 Å². The molecule has 0 aliphatic carbocycles. The minimum absolute atomic E-state index is 0.127. The van der Waals surface area contributed by atoms with Crippen molar-refractivity contribution in [2.24, 2.45) is 0 Å². The van der Waals surface area contributed by atoms with Gasteiger partial charge in [-0.25, -0.2) is 9.18 Å². The zero-order valence-corrected chi connectivity index (χ0v) is 12.4. The summed E-state index contributed by atoms with van der Waals surface area (Å²) in [5.41, 5.74) is 2.31. The number of carbonyl (C=O) groups excluding carboxylic acids is 2. The second-order valence-corrected chi connectivity index (χ2v) is 4.82. The van der Waals surface area contributed by atoms with Gasteiger partial charge >= 0.3 is 5.97 Å². The lowest BCUT2D eigenvalue weighted by Crippen LogP contribution is -2.16. The molecular formula is C17H16FNO3. The van der Waals surface area contributed by atoms with Crippen LogP contribution in [0.25, 0.3) is 0 Å². The van der Waals surface area contributed by atoms with Gasteiger partial charge in [0.1, 0.15) is 5.82 Å². The number of ether oxygens (including phenoxy) is 1. The van der Waals surface area contributed by atoms with Crippen molar-refractivity contribution in [2.45, 2.75) is 13.3 Å². The van der Waals surface area contributed by atoms with Gasteiger partial charge in [0.2, 0.25) is 5.91 Å². The Hall–Kier alpha value is -2.69. The third kappa shape index (κ3) is 3.69. The smallest absolute Gasteiger partial charge is 0.338 e. The standard InChI is InChI=1S/C17H16FNO3/c1-11-14(17(21)22-2)4-3-5-15(11)19-16(20)10-12-6-8-13(18)9-7-12/h3-9H,10H2,1-2H3,(H,19,20). The van der Waals surface area contributed by atoms with Crippen molar-refractivity contribution in [3.05, 3.63) is 65.0 Å². The zero-order valence-electron chi connectivity index (χ0n) is 12.4. The number of benzene rings is 2. The first kappa shape index (κ1) is 15.7. The molecule has 0 unspecified atom stereocenters. The number of esters is 1. The summed E-state index contributed by atoms with van der Waals surface area (Å²) in [6, 6.07) is 10.8. The number of methoxy groups -OCH3 is 1. The summed E-state index contributed by atoms with van der Waals surface area (Å²) < 4.78 is 17.5. The average molecular weight is 301 g/mol. The summed E-state index contributed by atoms with van der Waals surface area (Å²) in [6.07, 6.45) is 0.127. The van der Waals surface area contributed by atoms with Crippen LogP contribution < -0.4 is 5.32 Å². The molecule has 0 heterocycles. The van der Waals surface area contributed by atoms with Crippen LogP contribution in [0, 0.1) is 12.7 Å². The van der Waals surface area contributed by atoms with E-state index >= 15 is 0 Å². The fraction of sp³-hybridized carbons (Fsp3) is 0.176. The predicted octanol–water partition coefficient (Wildman–Crippen LogP) is 3.10. The van der Waals surface area contributed by atoms with E-state index in [0.29, 0.717) is 22.4 Å². The van der Waals surface area contributed by atoms with Gasteiger partial charge in [-0.3, -0.25) is 4.79 Å². The second-order valence-electron chi connectivity index (χ2n) is 4.82. The number of hydrogen-bond acceptors (Lipinski definition) is 3. The highest BCUT2D eigenvalue weighted by atomic mass is 19.1. The lowest BCUT2D eigenvalue weighted by molar-refractivity contribution is -0.115. The highest BCUT2D eigenvalue weighted by Crippen LogP contribution is 2.20. The van der Waals surface area contributed by atoms with E-state index in [2.05, 4.69) is 5.32 Å². The van der Waals surface area contributed by atoms with E-state index in [1.165, 1.54) is 19.2 Å². The molecule has 0 radical (unpaired) electrons. The number of amides is 1. The molecule has 2 aromatic rings. The van der Waals surface area contributed by atoms with E-state index in [4.69, 9.17) is 4.74 Å². The van der Waals surface area contributed by atoms with Gasteiger partial charge < -0.3 is 10.1 Å². The third-order valence-electron chi connectivity index (χ3n) is 3.29. The van der Waals surface area contributed by atoms with Crippen LogP contribution in [0.1, 0.15) is 21.5 Å². The monoisotopic (exact) mass is 301 g/mol. The van der Waals surface area contributed by atoms with E-state index in [-0.39, 0.29) is 18.1 Å². The Labute approximate surface area is 127 Å². The molecule has 1 amide bonds. The molecule has 0 fully saturated rings. The molecular weight excluding hydrogens is 285 g/mol. The first-order valence-electron chi connectivity index (χ1n) is 6.73. The molecule has 0 aromatic heterocycles. The number of rotatable bonds is 4. The topological polar surface area (TPSA) is 55.4 Å². The van der Waals surface area contributed by atoms with Gasteiger partial charge in [0.25, 0.3) is 0 Å². The highest BCUT2D eigenvalue weighted by molar-refractivity contribution is 5.97. The molecule has 114 valence electrons. The van der Waals surface area contributed by atoms with Crippen molar-refractivity contribution in [3.63, 3.8) is 0 Å². The number of carbonyl (C=O) groups is 2. The van der Waals surface area contributed by atoms with Crippen LogP contribution in [0.5, 0.6) is 0 Å². The number of nitrogens with one attached hydrogen (secondary N) is 1. The number of hydrogen-bond donors (Lipinski definition) is 1. The molecule has 4 nitrogen and oxygen atoms in total. The Balaban J connectivity index is 2.11. The normalized spacial score (nSPS) is 10.1. The Morgan fingerprint density at radius 3 is 2.45 bits per heavy atom. The number of anilines is 1. The minimum atomic E-state index is -0.452. The Bertz CT molecular complexity index is 696. The first-order chi connectivity index (χ1) is 10.5. The molecule has 0 saturated carbocycles. The van der Waals surface area contributed by atoms with Crippen molar-refractivity contribution >= 4 is 17.6 Å². The molecule has 5 heteroatoms. The van der Waals surface area contributed by atoms with Crippen molar-refractivity contribution in [1.82, 2.24) is 0 Å². The van der Waals surface area contributed by atoms with Crippen LogP contribution in [-0.4, -0.2) is 19.0 Å². The van der Waals surface area contributed by atoms with Crippen molar-refractivity contribution < 1.29 is 18.7 Å². The molecule has 2 rings (SSSR count). The number of halogens is 1. The lowest BCUT2D eigenvalue weighted by atomic mass is 10.1. The quantitative estimate of drug-likeness (QED) is 0.883. The van der Waals surface area contributed by atoms with E-state index in [1.54, 1.807) is 37.3 Å². The summed E-state index contributed by atoms with van der Waals surface area (Å²) in [5.74, 6) is -1.03. The average Bonchev–Trinajstić information content (AvgIpc) is 2.51. The molecule has 0 aliphatic rings. The van der Waals surface area contributed by atoms with E-state index < -0.39 is 5.97 Å². The Kier molecular flexibility index (Phi) is 4.88. The van der Waals surface area contributed by atoms with E-state index in [1.807, 2.05) is 0 Å². The summed E-state index contributed by atoms with van der Waals surface area (Å²) in [5, 5.41) is 2.75. The maximum Gasteiger partial charge on any atom is 0.338 e. The van der Waals surface area contributed by atoms with Gasteiger partial charge in [-0.05, 0) is 42.3 Å². The van der Waals surface area contributed by atoms with Crippen LogP contribution in [0.15, 0.2) is 42.5 Å². The van der Waals surface area contributed by atoms with Gasteiger partial charge in [0, 0.05) is 5.69 Å². The van der Waals surface area contributed by atoms with Gasteiger partial charge in [-0.1, -0.05) is 18.2 Å². The summed E-state index contributed by atoms with van der Waals surface area (Å²) >= 11 is 0. The van der Waals surface area contributed by atoms with Gasteiger partial charge in [0.15, 0.2) is 0 Å². The molecule has 2 aromatic carbocycles. The highest BCUT2D eigenvalue weighted by Gasteiger charge is 2.13. The fourth-order valence-corrected chi connectivity index (χ4v) is 2.08. The SMILES string of the molecule is COC(=O)c1cccc(NC(=O)Cc2ccc(F)cc2)c1C. The Morgan fingerprint density at radius 2 is 1.82 bits per heavy atom. The van der Waals surface area contributed by atoms with Gasteiger partial charge in [-0.15, -0.1) is 0 Å². The second kappa shape index (κ2) is 6.85. The molecule has 0 atom stereocenters. The predicted molar refractivity (Wildman–Crippen MR) is 81.3 cm³/mol. The van der Waals surface area contributed by atoms with Crippen LogP contribution in [0.4, 0.5) is 10.1 Å². The maximum atomic E-state index is 12.8. The largest absolute Gasteiger partial charge is 0.465 e. The van der Waals surface area contributed by atoms with Gasteiger partial charge in [0.05, 0.1) is 19.1 Å². The molecule has 0 aliphatic heterocycles. The molecule has 0 saturated heterocycles. The maximum absolute atomic E-state index is 12.8. The zero-order chi connectivity index (χ0) is 16.1. The van der Waals surface area contributed by atoms with Crippen LogP contribution in [-0.2, 0) is 16.0 Å². The Morgan fingerprint density at radius 1 is 1.14 bits per heavy atom. The molecule has 1 N–H and O–H groups in total.